The third kappa shape index (κ3) is 3.80. The third-order valence-electron chi connectivity index (χ3n) is 6.09. The Morgan fingerprint density at radius 2 is 1.97 bits per heavy atom. The molecule has 6 heteroatoms. The van der Waals surface area contributed by atoms with Gasteiger partial charge in [-0.2, -0.15) is 0 Å². The molecular weight excluding hydrogens is 422 g/mol. The fourth-order valence-corrected chi connectivity index (χ4v) is 6.47. The van der Waals surface area contributed by atoms with Crippen LogP contribution in [0, 0.1) is 13.8 Å². The first-order valence-electron chi connectivity index (χ1n) is 10.6. The number of para-hydroxylation sites is 1. The summed E-state index contributed by atoms with van der Waals surface area (Å²) in [7, 11) is 0. The van der Waals surface area contributed by atoms with E-state index in [2.05, 4.69) is 42.3 Å². The molecule has 0 atom stereocenters. The largest absolute Gasteiger partial charge is 0.313 e. The minimum absolute atomic E-state index is 0.0589. The number of hydrogen-bond donors (Lipinski definition) is 1. The molecule has 31 heavy (non-hydrogen) atoms. The topological polar surface area (TPSA) is 45.2 Å². The van der Waals surface area contributed by atoms with Crippen molar-refractivity contribution in [3.63, 3.8) is 0 Å². The van der Waals surface area contributed by atoms with Crippen molar-refractivity contribution in [3.05, 3.63) is 69.6 Å². The van der Waals surface area contributed by atoms with Gasteiger partial charge in [-0.3, -0.25) is 9.69 Å². The zero-order valence-corrected chi connectivity index (χ0v) is 19.6. The number of carbonyl (C=O) groups is 1. The van der Waals surface area contributed by atoms with Crippen LogP contribution in [0.4, 0.5) is 5.00 Å². The molecule has 0 aliphatic carbocycles. The Morgan fingerprint density at radius 1 is 1.13 bits per heavy atom. The van der Waals surface area contributed by atoms with Crippen LogP contribution < -0.4 is 5.32 Å². The van der Waals surface area contributed by atoms with Gasteiger partial charge in [0.15, 0.2) is 0 Å². The van der Waals surface area contributed by atoms with Gasteiger partial charge in [-0.15, -0.1) is 22.7 Å². The summed E-state index contributed by atoms with van der Waals surface area (Å²) in [6, 6.07) is 14.1. The fourth-order valence-electron chi connectivity index (χ4n) is 4.08. The van der Waals surface area contributed by atoms with E-state index >= 15 is 0 Å². The lowest BCUT2D eigenvalue weighted by Gasteiger charge is -2.25. The summed E-state index contributed by atoms with van der Waals surface area (Å²) in [6.45, 7) is 9.33. The van der Waals surface area contributed by atoms with Gasteiger partial charge in [0, 0.05) is 29.1 Å². The van der Waals surface area contributed by atoms with Crippen molar-refractivity contribution in [2.75, 3.05) is 18.4 Å². The minimum atomic E-state index is -0.0589. The second-order valence-electron chi connectivity index (χ2n) is 8.07. The van der Waals surface area contributed by atoms with Crippen LogP contribution in [0.2, 0.25) is 0 Å². The van der Waals surface area contributed by atoms with E-state index < -0.39 is 0 Å². The Hall–Kier alpha value is -2.54. The van der Waals surface area contributed by atoms with E-state index in [1.54, 1.807) is 22.7 Å². The number of hydrogen-bond acceptors (Lipinski definition) is 5. The zero-order chi connectivity index (χ0) is 21.5. The second-order valence-corrected chi connectivity index (χ2v) is 10.2. The molecule has 4 nitrogen and oxygen atoms in total. The molecule has 158 valence electrons. The fraction of sp³-hybridized carbons (Fsp3) is 0.280. The summed E-state index contributed by atoms with van der Waals surface area (Å²) in [5.41, 5.74) is 6.50. The maximum atomic E-state index is 13.1. The van der Waals surface area contributed by atoms with Gasteiger partial charge in [0.1, 0.15) is 10.0 Å². The van der Waals surface area contributed by atoms with Crippen molar-refractivity contribution in [3.8, 4) is 10.6 Å². The van der Waals surface area contributed by atoms with E-state index in [4.69, 9.17) is 4.98 Å². The molecule has 1 aliphatic heterocycles. The molecule has 4 aromatic rings. The highest BCUT2D eigenvalue weighted by molar-refractivity contribution is 7.23. The Labute approximate surface area is 190 Å². The van der Waals surface area contributed by atoms with Crippen molar-refractivity contribution < 1.29 is 4.79 Å². The van der Waals surface area contributed by atoms with Crippen molar-refractivity contribution in [2.45, 2.75) is 33.7 Å². The molecule has 3 heterocycles. The molecule has 0 bridgehead atoms. The number of thiazole rings is 1. The van der Waals surface area contributed by atoms with Crippen molar-refractivity contribution in [2.24, 2.45) is 0 Å². The predicted octanol–water partition coefficient (Wildman–Crippen LogP) is 6.27. The highest BCUT2D eigenvalue weighted by atomic mass is 32.1. The summed E-state index contributed by atoms with van der Waals surface area (Å²) in [6.07, 6.45) is 0.991. The summed E-state index contributed by atoms with van der Waals surface area (Å²) in [4.78, 5) is 21.9. The highest BCUT2D eigenvalue weighted by Gasteiger charge is 2.27. The molecule has 5 rings (SSSR count). The number of amides is 1. The Kier molecular flexibility index (Phi) is 5.38. The number of thiophene rings is 1. The molecule has 1 N–H and O–H groups in total. The molecule has 2 aromatic heterocycles. The van der Waals surface area contributed by atoms with Gasteiger partial charge >= 0.3 is 0 Å². The summed E-state index contributed by atoms with van der Waals surface area (Å²) in [5.74, 6) is -0.0589. The number of nitrogens with zero attached hydrogens (tertiary/aromatic N) is 2. The van der Waals surface area contributed by atoms with Crippen LogP contribution in [0.15, 0.2) is 42.5 Å². The quantitative estimate of drug-likeness (QED) is 0.401. The Balaban J connectivity index is 1.58. The lowest BCUT2D eigenvalue weighted by molar-refractivity contribution is 0.102. The first-order chi connectivity index (χ1) is 15.0. The molecule has 0 saturated carbocycles. The summed E-state index contributed by atoms with van der Waals surface area (Å²) < 4.78 is 1.18. The lowest BCUT2D eigenvalue weighted by Crippen LogP contribution is -2.29. The first kappa shape index (κ1) is 20.4. The molecule has 1 aliphatic rings. The van der Waals surface area contributed by atoms with Crippen molar-refractivity contribution >= 4 is 43.8 Å². The van der Waals surface area contributed by atoms with Gasteiger partial charge in [0.05, 0.1) is 10.2 Å². The van der Waals surface area contributed by atoms with Crippen LogP contribution in [0.25, 0.3) is 20.8 Å². The van der Waals surface area contributed by atoms with Crippen molar-refractivity contribution in [1.29, 1.82) is 0 Å². The number of aryl methyl sites for hydroxylation is 2. The van der Waals surface area contributed by atoms with E-state index in [0.29, 0.717) is 5.56 Å². The molecule has 0 spiro atoms. The van der Waals surface area contributed by atoms with Gasteiger partial charge in [-0.05, 0) is 67.8 Å². The van der Waals surface area contributed by atoms with E-state index in [-0.39, 0.29) is 5.91 Å². The highest BCUT2D eigenvalue weighted by Crippen LogP contribution is 2.45. The average Bonchev–Trinajstić information content (AvgIpc) is 3.35. The number of aromatic nitrogens is 1. The maximum Gasteiger partial charge on any atom is 0.256 e. The second kappa shape index (κ2) is 8.19. The zero-order valence-electron chi connectivity index (χ0n) is 18.0. The molecular formula is C25H25N3OS2. The van der Waals surface area contributed by atoms with Crippen LogP contribution in [0.1, 0.15) is 38.8 Å². The first-order valence-corrected chi connectivity index (χ1v) is 12.3. The van der Waals surface area contributed by atoms with Crippen LogP contribution in [0.3, 0.4) is 0 Å². The van der Waals surface area contributed by atoms with E-state index in [1.165, 1.54) is 20.7 Å². The number of likely N-dealkylation sites (N-methyl/N-ethyl adjacent to an activating group) is 1. The number of nitrogens with one attached hydrogen (secondary N) is 1. The minimum Gasteiger partial charge on any atom is -0.313 e. The maximum absolute atomic E-state index is 13.1. The molecule has 0 unspecified atom stereocenters. The van der Waals surface area contributed by atoms with Crippen LogP contribution in [-0.2, 0) is 13.0 Å². The van der Waals surface area contributed by atoms with Crippen LogP contribution in [0.5, 0.6) is 0 Å². The average molecular weight is 448 g/mol. The number of carbonyl (C=O) groups excluding carboxylic acids is 1. The molecule has 1 amide bonds. The molecule has 0 saturated heterocycles. The molecule has 2 aromatic carbocycles. The number of anilines is 1. The van der Waals surface area contributed by atoms with Crippen molar-refractivity contribution in [1.82, 2.24) is 9.88 Å². The van der Waals surface area contributed by atoms with Gasteiger partial charge in [-0.25, -0.2) is 4.98 Å². The number of fused-ring (bicyclic) bond motifs is 2. The lowest BCUT2D eigenvalue weighted by atomic mass is 10.0. The van der Waals surface area contributed by atoms with Crippen LogP contribution in [-0.4, -0.2) is 28.9 Å². The van der Waals surface area contributed by atoms with E-state index in [1.807, 2.05) is 31.2 Å². The monoisotopic (exact) mass is 447 g/mol. The van der Waals surface area contributed by atoms with Gasteiger partial charge in [0.25, 0.3) is 5.91 Å². The summed E-state index contributed by atoms with van der Waals surface area (Å²) in [5, 5.41) is 5.15. The summed E-state index contributed by atoms with van der Waals surface area (Å²) >= 11 is 3.42. The predicted molar refractivity (Wildman–Crippen MR) is 131 cm³/mol. The smallest absolute Gasteiger partial charge is 0.256 e. The van der Waals surface area contributed by atoms with Crippen LogP contribution >= 0.6 is 22.7 Å². The number of rotatable bonds is 4. The third-order valence-corrected chi connectivity index (χ3v) is 8.27. The van der Waals surface area contributed by atoms with E-state index in [9.17, 15) is 4.79 Å². The molecule has 0 fully saturated rings. The number of benzene rings is 2. The standard InChI is InChI=1S/C25H25N3OS2/c1-4-28-12-11-18-21(14-28)31-25(27-23(29)17-10-9-15(2)16(3)13-17)22(18)24-26-19-7-5-6-8-20(19)30-24/h5-10,13H,4,11-12,14H2,1-3H3,(H,27,29). The van der Waals surface area contributed by atoms with Gasteiger partial charge in [-0.1, -0.05) is 25.1 Å². The van der Waals surface area contributed by atoms with Gasteiger partial charge < -0.3 is 5.32 Å². The molecule has 0 radical (unpaired) electrons. The Bertz CT molecular complexity index is 1250. The van der Waals surface area contributed by atoms with E-state index in [0.717, 1.165) is 52.7 Å². The SMILES string of the molecule is CCN1CCc2c(sc(NC(=O)c3ccc(C)c(C)c3)c2-c2nc3ccccc3s2)C1. The normalized spacial score (nSPS) is 14.0. The Morgan fingerprint density at radius 3 is 2.74 bits per heavy atom. The van der Waals surface area contributed by atoms with Gasteiger partial charge in [0.2, 0.25) is 0 Å².